The van der Waals surface area contributed by atoms with Crippen molar-refractivity contribution in [3.63, 3.8) is 0 Å². The molecule has 0 bridgehead atoms. The highest BCUT2D eigenvalue weighted by Gasteiger charge is 1.72. The Morgan fingerprint density at radius 1 is 1.27 bits per heavy atom. The van der Waals surface area contributed by atoms with Crippen LogP contribution in [0.2, 0.25) is 0 Å². The fourth-order valence-corrected chi connectivity index (χ4v) is 0.534. The quantitative estimate of drug-likeness (QED) is 0.541. The molecular formula is C9H15AlO. The van der Waals surface area contributed by atoms with E-state index in [-0.39, 0.29) is 0 Å². The molecular weight excluding hydrogens is 127 g/mol. The molecule has 2 heteroatoms. The summed E-state index contributed by atoms with van der Waals surface area (Å²) in [5.41, 5.74) is 1.32. The lowest BCUT2D eigenvalue weighted by molar-refractivity contribution is 0.375. The molecule has 0 amide bonds. The van der Waals surface area contributed by atoms with Gasteiger partial charge < -0.3 is 3.79 Å². The average Bonchev–Trinajstić information content (AvgIpc) is 2.07. The Kier molecular flexibility index (Phi) is 7.61. The van der Waals surface area contributed by atoms with Crippen molar-refractivity contribution in [3.05, 3.63) is 35.9 Å². The minimum absolute atomic E-state index is 0.881. The van der Waals surface area contributed by atoms with E-state index in [2.05, 4.69) is 22.8 Å². The summed E-state index contributed by atoms with van der Waals surface area (Å²) in [6.45, 7) is 4.96. The average molecular weight is 142 g/mol. The molecule has 1 rings (SSSR count). The van der Waals surface area contributed by atoms with Crippen molar-refractivity contribution in [3.8, 4) is 0 Å². The van der Waals surface area contributed by atoms with Crippen molar-refractivity contribution < 1.29 is 3.79 Å². The van der Waals surface area contributed by atoms with E-state index < -0.39 is 0 Å². The summed E-state index contributed by atoms with van der Waals surface area (Å²) in [4.78, 5) is 0. The molecule has 0 aliphatic rings. The molecule has 0 N–H and O–H groups in total. The molecule has 1 nitrogen and oxygen atoms in total. The molecule has 0 saturated carbocycles. The molecule has 0 aromatic heterocycles. The van der Waals surface area contributed by atoms with E-state index in [1.54, 1.807) is 0 Å². The van der Waals surface area contributed by atoms with Crippen molar-refractivity contribution in [2.75, 3.05) is 6.61 Å². The second kappa shape index (κ2) is 7.82. The van der Waals surface area contributed by atoms with Gasteiger partial charge in [0.1, 0.15) is 0 Å². The fraction of sp³-hybridized carbons (Fsp3) is 0.333. The summed E-state index contributed by atoms with van der Waals surface area (Å²) < 4.78 is 4.68. The van der Waals surface area contributed by atoms with Crippen LogP contribution in [0, 0.1) is 6.92 Å². The van der Waals surface area contributed by atoms with E-state index in [0.717, 1.165) is 23.2 Å². The zero-order valence-corrected chi connectivity index (χ0v) is 9.50. The van der Waals surface area contributed by atoms with Crippen LogP contribution in [0.5, 0.6) is 0 Å². The Bertz CT molecular complexity index is 160. The van der Waals surface area contributed by atoms with Crippen molar-refractivity contribution in [1.29, 1.82) is 0 Å². The van der Waals surface area contributed by atoms with Gasteiger partial charge in [-0.05, 0) is 13.8 Å². The Morgan fingerprint density at radius 2 is 1.73 bits per heavy atom. The zero-order valence-electron chi connectivity index (χ0n) is 7.50. The summed E-state index contributed by atoms with van der Waals surface area (Å²) in [7, 11) is 0. The molecule has 0 atom stereocenters. The van der Waals surface area contributed by atoms with Crippen LogP contribution in [0.1, 0.15) is 12.5 Å². The highest BCUT2D eigenvalue weighted by atomic mass is 16.3. The first-order valence-electron chi connectivity index (χ1n) is 3.81. The van der Waals surface area contributed by atoms with Crippen molar-refractivity contribution in [1.82, 2.24) is 0 Å². The fourth-order valence-electron chi connectivity index (χ4n) is 0.534. The molecule has 0 spiro atoms. The highest BCUT2D eigenvalue weighted by molar-refractivity contribution is 5.97. The SMILES string of the molecule is CC[O][3AlH2].Cc1ccccc1. The van der Waals surface area contributed by atoms with Gasteiger partial charge in [0.25, 0.3) is 0 Å². The van der Waals surface area contributed by atoms with Crippen LogP contribution >= 0.6 is 0 Å². The predicted molar refractivity (Wildman–Crippen MR) is 51.3 cm³/mol. The molecule has 0 aliphatic heterocycles. The minimum atomic E-state index is 0.881. The normalized spacial score (nSPS) is 8.18. The first-order chi connectivity index (χ1) is 5.31. The smallest absolute Gasteiger partial charge is 0.410 e. The maximum absolute atomic E-state index is 4.68. The van der Waals surface area contributed by atoms with Crippen LogP contribution in [-0.2, 0) is 3.79 Å². The van der Waals surface area contributed by atoms with Crippen LogP contribution < -0.4 is 0 Å². The first kappa shape index (κ1) is 10.7. The molecule has 0 aliphatic carbocycles. The Hall–Kier alpha value is -0.288. The third-order valence-corrected chi connectivity index (χ3v) is 1.81. The number of benzene rings is 1. The summed E-state index contributed by atoms with van der Waals surface area (Å²) in [6.07, 6.45) is 0. The van der Waals surface area contributed by atoms with Gasteiger partial charge >= 0.3 is 16.6 Å². The summed E-state index contributed by atoms with van der Waals surface area (Å²) in [5, 5.41) is 0. The molecule has 11 heavy (non-hydrogen) atoms. The van der Waals surface area contributed by atoms with Gasteiger partial charge in [-0.15, -0.1) is 0 Å². The second-order valence-electron chi connectivity index (χ2n) is 2.23. The van der Waals surface area contributed by atoms with E-state index in [4.69, 9.17) is 0 Å². The lowest BCUT2D eigenvalue weighted by Crippen LogP contribution is -1.76. The highest BCUT2D eigenvalue weighted by Crippen LogP contribution is 1.92. The predicted octanol–water partition coefficient (Wildman–Crippen LogP) is 1.57. The van der Waals surface area contributed by atoms with E-state index in [1.165, 1.54) is 5.56 Å². The van der Waals surface area contributed by atoms with Crippen LogP contribution in [0.15, 0.2) is 30.3 Å². The third kappa shape index (κ3) is 7.61. The van der Waals surface area contributed by atoms with Gasteiger partial charge in [0.15, 0.2) is 0 Å². The van der Waals surface area contributed by atoms with Gasteiger partial charge in [-0.3, -0.25) is 0 Å². The maximum atomic E-state index is 4.68. The molecule has 0 radical (unpaired) electrons. The maximum Gasteiger partial charge on any atom is 0.410 e. The summed E-state index contributed by atoms with van der Waals surface area (Å²) >= 11 is 0.890. The monoisotopic (exact) mass is 142 g/mol. The van der Waals surface area contributed by atoms with Gasteiger partial charge in [0.05, 0.1) is 0 Å². The molecule has 0 fully saturated rings. The third-order valence-electron chi connectivity index (χ3n) is 1.23. The molecule has 0 unspecified atom stereocenters. The van der Waals surface area contributed by atoms with Gasteiger partial charge in [0.2, 0.25) is 0 Å². The molecule has 0 saturated heterocycles. The van der Waals surface area contributed by atoms with Crippen molar-refractivity contribution in [2.45, 2.75) is 13.8 Å². The Balaban J connectivity index is 0.000000218. The second-order valence-corrected chi connectivity index (χ2v) is 2.81. The molecule has 60 valence electrons. The molecule has 1 aromatic carbocycles. The van der Waals surface area contributed by atoms with Crippen LogP contribution in [0.4, 0.5) is 0 Å². The number of hydrogen-bond donors (Lipinski definition) is 0. The van der Waals surface area contributed by atoms with E-state index in [1.807, 2.05) is 25.1 Å². The van der Waals surface area contributed by atoms with Gasteiger partial charge in [-0.2, -0.15) is 0 Å². The molecule has 1 aromatic rings. The zero-order chi connectivity index (χ0) is 8.53. The van der Waals surface area contributed by atoms with Gasteiger partial charge in [0, 0.05) is 6.61 Å². The number of hydrogen-bond acceptors (Lipinski definition) is 1. The largest absolute Gasteiger partial charge is 0.506 e. The van der Waals surface area contributed by atoms with E-state index in [9.17, 15) is 0 Å². The van der Waals surface area contributed by atoms with Crippen LogP contribution in [0.3, 0.4) is 0 Å². The van der Waals surface area contributed by atoms with E-state index >= 15 is 0 Å². The molecule has 0 heterocycles. The van der Waals surface area contributed by atoms with Crippen molar-refractivity contribution in [2.24, 2.45) is 0 Å². The lowest BCUT2D eigenvalue weighted by Gasteiger charge is -1.82. The van der Waals surface area contributed by atoms with Gasteiger partial charge in [-0.25, -0.2) is 0 Å². The van der Waals surface area contributed by atoms with Crippen LogP contribution in [0.25, 0.3) is 0 Å². The van der Waals surface area contributed by atoms with Crippen molar-refractivity contribution >= 4 is 16.6 Å². The van der Waals surface area contributed by atoms with E-state index in [0.29, 0.717) is 0 Å². The first-order valence-corrected chi connectivity index (χ1v) is 4.63. The standard InChI is InChI=1S/C7H8.C2H5O.Al.2H/c1-7-5-3-2-4-6-7;1-2-3;;;/h2-6H,1H3;2H2,1H3;;;/q;-1;+1;;/i;;1-24;;. The summed E-state index contributed by atoms with van der Waals surface area (Å²) in [5.74, 6) is 0. The Morgan fingerprint density at radius 3 is 1.91 bits per heavy atom. The minimum Gasteiger partial charge on any atom is -0.506 e. The Labute approximate surface area is 77.1 Å². The topological polar surface area (TPSA) is 9.23 Å². The number of rotatable bonds is 1. The number of aryl methyl sites for hydroxylation is 1. The lowest BCUT2D eigenvalue weighted by atomic mass is 2.92. The summed E-state index contributed by atoms with van der Waals surface area (Å²) in [6, 6.07) is 10.3. The van der Waals surface area contributed by atoms with Gasteiger partial charge in [-0.1, -0.05) is 35.9 Å². The van der Waals surface area contributed by atoms with Crippen LogP contribution in [-0.4, -0.2) is 23.2 Å².